The van der Waals surface area contributed by atoms with Gasteiger partial charge in [-0.05, 0) is 56.5 Å². The van der Waals surface area contributed by atoms with Crippen LogP contribution in [0.25, 0.3) is 10.2 Å². The van der Waals surface area contributed by atoms with Crippen molar-refractivity contribution in [3.8, 4) is 0 Å². The van der Waals surface area contributed by atoms with Crippen LogP contribution in [0.3, 0.4) is 0 Å². The first-order valence-electron chi connectivity index (χ1n) is 11.3. The highest BCUT2D eigenvalue weighted by atomic mass is 32.2. The monoisotopic (exact) mass is 472 g/mol. The molecule has 0 saturated heterocycles. The fraction of sp³-hybridized carbons (Fsp3) is 0.286. The third-order valence-corrected chi connectivity index (χ3v) is 8.80. The van der Waals surface area contributed by atoms with E-state index >= 15 is 0 Å². The normalized spacial score (nSPS) is 19.5. The maximum atomic E-state index is 13.7. The molecule has 1 aromatic heterocycles. The van der Waals surface area contributed by atoms with Gasteiger partial charge in [-0.3, -0.25) is 4.79 Å². The number of thioether (sulfide) groups is 1. The van der Waals surface area contributed by atoms with Gasteiger partial charge in [0, 0.05) is 16.6 Å². The second kappa shape index (κ2) is 8.30. The largest absolute Gasteiger partial charge is 0.306 e. The number of thiazole rings is 1. The number of aromatic nitrogens is 1. The van der Waals surface area contributed by atoms with Gasteiger partial charge >= 0.3 is 0 Å². The lowest BCUT2D eigenvalue weighted by Crippen LogP contribution is -2.56. The van der Waals surface area contributed by atoms with E-state index in [1.807, 2.05) is 23.1 Å². The lowest BCUT2D eigenvalue weighted by molar-refractivity contribution is -0.117. The van der Waals surface area contributed by atoms with Crippen LogP contribution < -0.4 is 4.90 Å². The molecule has 0 radical (unpaired) electrons. The smallest absolute Gasteiger partial charge is 0.237 e. The van der Waals surface area contributed by atoms with Gasteiger partial charge in [0.2, 0.25) is 5.91 Å². The van der Waals surface area contributed by atoms with Crippen LogP contribution >= 0.6 is 23.1 Å². The van der Waals surface area contributed by atoms with Crippen molar-refractivity contribution >= 4 is 44.9 Å². The first-order chi connectivity index (χ1) is 15.8. The molecular formula is C28H28N2OS2. The lowest BCUT2D eigenvalue weighted by Gasteiger charge is -2.51. The van der Waals surface area contributed by atoms with E-state index in [2.05, 4.69) is 82.3 Å². The van der Waals surface area contributed by atoms with Crippen LogP contribution in [0.15, 0.2) is 77.1 Å². The highest BCUT2D eigenvalue weighted by molar-refractivity contribution is 8.01. The molecule has 168 valence electrons. The van der Waals surface area contributed by atoms with Crippen LogP contribution in [-0.4, -0.2) is 22.2 Å². The fourth-order valence-electron chi connectivity index (χ4n) is 5.29. The molecule has 0 spiro atoms. The lowest BCUT2D eigenvalue weighted by atomic mass is 9.65. The second-order valence-corrected chi connectivity index (χ2v) is 11.9. The molecule has 1 aliphatic rings. The molecule has 1 atom stereocenters. The van der Waals surface area contributed by atoms with Gasteiger partial charge in [-0.1, -0.05) is 78.8 Å². The molecule has 3 nitrogen and oxygen atoms in total. The van der Waals surface area contributed by atoms with Crippen molar-refractivity contribution in [1.82, 2.24) is 4.98 Å². The van der Waals surface area contributed by atoms with E-state index < -0.39 is 0 Å². The van der Waals surface area contributed by atoms with E-state index in [0.29, 0.717) is 5.75 Å². The van der Waals surface area contributed by atoms with E-state index in [-0.39, 0.29) is 16.9 Å². The summed E-state index contributed by atoms with van der Waals surface area (Å²) < 4.78 is 2.10. The van der Waals surface area contributed by atoms with Crippen LogP contribution in [0.2, 0.25) is 0 Å². The molecule has 5 rings (SSSR count). The molecule has 33 heavy (non-hydrogen) atoms. The molecular weight excluding hydrogens is 444 g/mol. The predicted octanol–water partition coefficient (Wildman–Crippen LogP) is 7.22. The Morgan fingerprint density at radius 1 is 1.03 bits per heavy atom. The summed E-state index contributed by atoms with van der Waals surface area (Å²) in [5.74, 6) is 0.503. The Balaban J connectivity index is 1.50. The molecule has 4 aromatic rings. The van der Waals surface area contributed by atoms with E-state index in [4.69, 9.17) is 4.98 Å². The van der Waals surface area contributed by atoms with Gasteiger partial charge in [-0.25, -0.2) is 4.98 Å². The zero-order valence-electron chi connectivity index (χ0n) is 19.5. The minimum atomic E-state index is -0.321. The van der Waals surface area contributed by atoms with E-state index in [1.165, 1.54) is 28.5 Å². The number of fused-ring (bicyclic) bond motifs is 2. The van der Waals surface area contributed by atoms with Gasteiger partial charge in [-0.15, -0.1) is 11.3 Å². The van der Waals surface area contributed by atoms with Gasteiger partial charge in [0.25, 0.3) is 0 Å². The van der Waals surface area contributed by atoms with E-state index in [1.54, 1.807) is 11.3 Å². The quantitative estimate of drug-likeness (QED) is 0.294. The maximum absolute atomic E-state index is 13.7. The van der Waals surface area contributed by atoms with Crippen LogP contribution in [-0.2, 0) is 10.2 Å². The van der Waals surface area contributed by atoms with Gasteiger partial charge in [0.1, 0.15) is 0 Å². The number of hydrogen-bond donors (Lipinski definition) is 0. The van der Waals surface area contributed by atoms with Crippen LogP contribution in [0.1, 0.15) is 43.9 Å². The number of hydrogen-bond acceptors (Lipinski definition) is 4. The number of carbonyl (C=O) groups excluding carboxylic acids is 1. The molecule has 2 heterocycles. The highest BCUT2D eigenvalue weighted by Gasteiger charge is 2.47. The summed E-state index contributed by atoms with van der Waals surface area (Å²) in [5, 5.41) is 0. The third-order valence-electron chi connectivity index (χ3n) is 6.63. The molecule has 3 aromatic carbocycles. The SMILES string of the molecule is Cc1ccc2c(c1)C(C)(c1ccccc1)CC(C)(C)N2C(=O)CSc1nc2ccccc2s1. The van der Waals surface area contributed by atoms with Crippen molar-refractivity contribution in [2.45, 2.75) is 49.4 Å². The van der Waals surface area contributed by atoms with Gasteiger partial charge < -0.3 is 4.90 Å². The van der Waals surface area contributed by atoms with E-state index in [9.17, 15) is 4.79 Å². The van der Waals surface area contributed by atoms with Crippen molar-refractivity contribution < 1.29 is 4.79 Å². The molecule has 5 heteroatoms. The molecule has 0 saturated carbocycles. The Morgan fingerprint density at radius 2 is 1.76 bits per heavy atom. The number of carbonyl (C=O) groups is 1. The first-order valence-corrected chi connectivity index (χ1v) is 13.1. The summed E-state index contributed by atoms with van der Waals surface area (Å²) in [5.41, 5.74) is 5.27. The summed E-state index contributed by atoms with van der Waals surface area (Å²) in [6, 6.07) is 25.3. The zero-order valence-corrected chi connectivity index (χ0v) is 21.1. The molecule has 0 fully saturated rings. The summed E-state index contributed by atoms with van der Waals surface area (Å²) in [7, 11) is 0. The molecule has 0 N–H and O–H groups in total. The van der Waals surface area contributed by atoms with Crippen LogP contribution in [0.4, 0.5) is 5.69 Å². The molecule has 1 amide bonds. The van der Waals surface area contributed by atoms with Crippen molar-refractivity contribution in [3.63, 3.8) is 0 Å². The number of para-hydroxylation sites is 1. The number of rotatable bonds is 4. The molecule has 0 aliphatic carbocycles. The van der Waals surface area contributed by atoms with Crippen molar-refractivity contribution in [3.05, 3.63) is 89.5 Å². The van der Waals surface area contributed by atoms with Gasteiger partial charge in [-0.2, -0.15) is 0 Å². The van der Waals surface area contributed by atoms with Crippen LogP contribution in [0.5, 0.6) is 0 Å². The summed E-state index contributed by atoms with van der Waals surface area (Å²) in [6.45, 7) is 8.83. The number of benzene rings is 3. The van der Waals surface area contributed by atoms with Crippen molar-refractivity contribution in [2.24, 2.45) is 0 Å². The van der Waals surface area contributed by atoms with E-state index in [0.717, 1.165) is 26.7 Å². The Bertz CT molecular complexity index is 1300. The summed E-state index contributed by atoms with van der Waals surface area (Å²) in [6.07, 6.45) is 0.859. The number of nitrogens with zero attached hydrogens (tertiary/aromatic N) is 2. The van der Waals surface area contributed by atoms with Gasteiger partial charge in [0.05, 0.1) is 16.0 Å². The molecule has 1 aliphatic heterocycles. The minimum absolute atomic E-state index is 0.129. The third kappa shape index (κ3) is 3.98. The van der Waals surface area contributed by atoms with Crippen LogP contribution in [0, 0.1) is 6.92 Å². The highest BCUT2D eigenvalue weighted by Crippen LogP contribution is 2.50. The Kier molecular flexibility index (Phi) is 5.58. The Morgan fingerprint density at radius 3 is 2.52 bits per heavy atom. The Labute approximate surface area is 203 Å². The average Bonchev–Trinajstić information content (AvgIpc) is 3.21. The Hall–Kier alpha value is -2.63. The standard InChI is InChI=1S/C28H28N2OS2/c1-19-14-15-23-21(16-19)28(4,20-10-6-5-7-11-20)18-27(2,3)30(23)25(31)17-32-26-29-22-12-8-9-13-24(22)33-26/h5-16H,17-18H2,1-4H3. The number of anilines is 1. The number of amides is 1. The number of aryl methyl sites for hydroxylation is 1. The summed E-state index contributed by atoms with van der Waals surface area (Å²) >= 11 is 3.19. The molecule has 1 unspecified atom stereocenters. The maximum Gasteiger partial charge on any atom is 0.237 e. The predicted molar refractivity (Wildman–Crippen MR) is 141 cm³/mol. The molecule has 0 bridgehead atoms. The first kappa shape index (κ1) is 22.2. The van der Waals surface area contributed by atoms with Crippen molar-refractivity contribution in [2.75, 3.05) is 10.7 Å². The fourth-order valence-corrected chi connectivity index (χ4v) is 7.21. The summed E-state index contributed by atoms with van der Waals surface area (Å²) in [4.78, 5) is 20.4. The van der Waals surface area contributed by atoms with Crippen molar-refractivity contribution in [1.29, 1.82) is 0 Å². The average molecular weight is 473 g/mol. The minimum Gasteiger partial charge on any atom is -0.306 e. The topological polar surface area (TPSA) is 33.2 Å². The second-order valence-electron chi connectivity index (χ2n) is 9.67. The zero-order chi connectivity index (χ0) is 23.2. The van der Waals surface area contributed by atoms with Gasteiger partial charge in [0.15, 0.2) is 4.34 Å².